The van der Waals surface area contributed by atoms with Crippen molar-refractivity contribution in [2.24, 2.45) is 0 Å². The van der Waals surface area contributed by atoms with Gasteiger partial charge in [-0.05, 0) is 72.9 Å². The second-order valence-electron chi connectivity index (χ2n) is 7.81. The third kappa shape index (κ3) is 4.90. The first-order valence-corrected chi connectivity index (χ1v) is 10.8. The molecule has 0 radical (unpaired) electrons. The molecule has 4 heteroatoms. The molecule has 32 heavy (non-hydrogen) atoms. The summed E-state index contributed by atoms with van der Waals surface area (Å²) in [6.07, 6.45) is 11.1. The standard InChI is InChI=1S/C28H24FN3/c1-2-3-4-5-22-18-31-28(32-19-22)25-14-15-26-24(16-25)13-12-23(27(26)29)11-10-20-6-8-21(17-30)9-7-20/h2-3,6-9,12-16,18-19H,4-5,10-11H2,1H3/b3-2+. The number of aryl methyl sites for hydroxylation is 3. The summed E-state index contributed by atoms with van der Waals surface area (Å²) in [5, 5.41) is 10.3. The van der Waals surface area contributed by atoms with Crippen molar-refractivity contribution in [3.63, 3.8) is 0 Å². The molecule has 0 atom stereocenters. The van der Waals surface area contributed by atoms with Crippen LogP contribution in [0, 0.1) is 17.1 Å². The van der Waals surface area contributed by atoms with Gasteiger partial charge in [0.25, 0.3) is 0 Å². The van der Waals surface area contributed by atoms with Crippen LogP contribution in [0.4, 0.5) is 4.39 Å². The highest BCUT2D eigenvalue weighted by Gasteiger charge is 2.10. The molecular formula is C28H24FN3. The Bertz CT molecular complexity index is 1280. The van der Waals surface area contributed by atoms with Crippen molar-refractivity contribution < 1.29 is 4.39 Å². The van der Waals surface area contributed by atoms with Gasteiger partial charge in [0.15, 0.2) is 5.82 Å². The summed E-state index contributed by atoms with van der Waals surface area (Å²) in [6.45, 7) is 2.01. The van der Waals surface area contributed by atoms with E-state index in [4.69, 9.17) is 5.26 Å². The van der Waals surface area contributed by atoms with E-state index in [1.165, 1.54) is 0 Å². The number of benzene rings is 3. The Morgan fingerprint density at radius 1 is 0.906 bits per heavy atom. The molecule has 0 N–H and O–H groups in total. The Balaban J connectivity index is 1.50. The number of aromatic nitrogens is 2. The molecule has 0 unspecified atom stereocenters. The van der Waals surface area contributed by atoms with Crippen molar-refractivity contribution in [2.45, 2.75) is 32.6 Å². The fourth-order valence-electron chi connectivity index (χ4n) is 3.74. The lowest BCUT2D eigenvalue weighted by atomic mass is 9.98. The largest absolute Gasteiger partial charge is 0.236 e. The second-order valence-corrected chi connectivity index (χ2v) is 7.81. The summed E-state index contributed by atoms with van der Waals surface area (Å²) in [4.78, 5) is 9.00. The number of allylic oxidation sites excluding steroid dienone is 2. The summed E-state index contributed by atoms with van der Waals surface area (Å²) in [5.74, 6) is 0.468. The van der Waals surface area contributed by atoms with Crippen molar-refractivity contribution in [2.75, 3.05) is 0 Å². The normalized spacial score (nSPS) is 11.2. The summed E-state index contributed by atoms with van der Waals surface area (Å²) in [5.41, 5.74) is 4.39. The van der Waals surface area contributed by atoms with Gasteiger partial charge in [0.2, 0.25) is 0 Å². The van der Waals surface area contributed by atoms with E-state index in [0.717, 1.165) is 41.3 Å². The van der Waals surface area contributed by atoms with Crippen molar-refractivity contribution in [3.05, 3.63) is 107 Å². The lowest BCUT2D eigenvalue weighted by molar-refractivity contribution is 0.620. The van der Waals surface area contributed by atoms with Crippen LogP contribution in [0.3, 0.4) is 0 Å². The van der Waals surface area contributed by atoms with Gasteiger partial charge in [-0.15, -0.1) is 0 Å². The number of hydrogen-bond acceptors (Lipinski definition) is 3. The zero-order valence-electron chi connectivity index (χ0n) is 18.1. The van der Waals surface area contributed by atoms with Crippen LogP contribution >= 0.6 is 0 Å². The maximum absolute atomic E-state index is 15.1. The Labute approximate surface area is 187 Å². The molecule has 1 aromatic heterocycles. The molecule has 158 valence electrons. The molecule has 0 aliphatic heterocycles. The van der Waals surface area contributed by atoms with E-state index in [0.29, 0.717) is 28.8 Å². The van der Waals surface area contributed by atoms with Crippen molar-refractivity contribution >= 4 is 10.8 Å². The van der Waals surface area contributed by atoms with Gasteiger partial charge in [-0.2, -0.15) is 5.26 Å². The van der Waals surface area contributed by atoms with Gasteiger partial charge in [-0.1, -0.05) is 48.6 Å². The molecule has 0 bridgehead atoms. The van der Waals surface area contributed by atoms with Crippen LogP contribution < -0.4 is 0 Å². The Morgan fingerprint density at radius 3 is 2.41 bits per heavy atom. The molecule has 0 saturated heterocycles. The van der Waals surface area contributed by atoms with E-state index in [2.05, 4.69) is 22.1 Å². The average Bonchev–Trinajstić information content (AvgIpc) is 2.84. The predicted octanol–water partition coefficient (Wildman–Crippen LogP) is 6.60. The first-order valence-electron chi connectivity index (χ1n) is 10.8. The third-order valence-electron chi connectivity index (χ3n) is 5.60. The first kappa shape index (κ1) is 21.4. The predicted molar refractivity (Wildman–Crippen MR) is 127 cm³/mol. The number of nitriles is 1. The van der Waals surface area contributed by atoms with Gasteiger partial charge in [0.05, 0.1) is 11.6 Å². The van der Waals surface area contributed by atoms with Crippen LogP contribution in [0.1, 0.15) is 35.6 Å². The number of halogens is 1. The first-order chi connectivity index (χ1) is 15.7. The summed E-state index contributed by atoms with van der Waals surface area (Å²) < 4.78 is 15.1. The molecule has 0 saturated carbocycles. The minimum atomic E-state index is -0.178. The van der Waals surface area contributed by atoms with Crippen LogP contribution in [-0.4, -0.2) is 9.97 Å². The molecule has 1 heterocycles. The van der Waals surface area contributed by atoms with Crippen LogP contribution in [-0.2, 0) is 19.3 Å². The fraction of sp³-hybridized carbons (Fsp3) is 0.179. The van der Waals surface area contributed by atoms with E-state index in [-0.39, 0.29) is 5.82 Å². The smallest absolute Gasteiger partial charge is 0.159 e. The van der Waals surface area contributed by atoms with E-state index in [1.807, 2.05) is 67.9 Å². The zero-order valence-corrected chi connectivity index (χ0v) is 18.1. The molecule has 4 aromatic rings. The van der Waals surface area contributed by atoms with Crippen LogP contribution in [0.15, 0.2) is 79.1 Å². The molecule has 0 spiro atoms. The zero-order chi connectivity index (χ0) is 22.3. The van der Waals surface area contributed by atoms with Crippen LogP contribution in [0.5, 0.6) is 0 Å². The van der Waals surface area contributed by atoms with Gasteiger partial charge in [-0.3, -0.25) is 0 Å². The van der Waals surface area contributed by atoms with Gasteiger partial charge < -0.3 is 0 Å². The third-order valence-corrected chi connectivity index (χ3v) is 5.60. The van der Waals surface area contributed by atoms with Crippen molar-refractivity contribution in [1.29, 1.82) is 5.26 Å². The Morgan fingerprint density at radius 2 is 1.69 bits per heavy atom. The van der Waals surface area contributed by atoms with Crippen LogP contribution in [0.2, 0.25) is 0 Å². The highest BCUT2D eigenvalue weighted by Crippen LogP contribution is 2.26. The molecule has 0 fully saturated rings. The van der Waals surface area contributed by atoms with Gasteiger partial charge >= 0.3 is 0 Å². The summed E-state index contributed by atoms with van der Waals surface area (Å²) in [7, 11) is 0. The minimum absolute atomic E-state index is 0.178. The Kier molecular flexibility index (Phi) is 6.67. The topological polar surface area (TPSA) is 49.6 Å². The van der Waals surface area contributed by atoms with Gasteiger partial charge in [0, 0.05) is 23.3 Å². The lowest BCUT2D eigenvalue weighted by Gasteiger charge is -2.09. The fourth-order valence-corrected chi connectivity index (χ4v) is 3.74. The van der Waals surface area contributed by atoms with Gasteiger partial charge in [-0.25, -0.2) is 14.4 Å². The lowest BCUT2D eigenvalue weighted by Crippen LogP contribution is -1.97. The van der Waals surface area contributed by atoms with E-state index < -0.39 is 0 Å². The monoisotopic (exact) mass is 421 g/mol. The molecule has 0 aliphatic rings. The van der Waals surface area contributed by atoms with E-state index in [1.54, 1.807) is 12.1 Å². The highest BCUT2D eigenvalue weighted by atomic mass is 19.1. The molecular weight excluding hydrogens is 397 g/mol. The summed E-state index contributed by atoms with van der Waals surface area (Å²) in [6, 6.07) is 19.0. The molecule has 0 aliphatic carbocycles. The van der Waals surface area contributed by atoms with Crippen molar-refractivity contribution in [3.8, 4) is 17.5 Å². The van der Waals surface area contributed by atoms with Gasteiger partial charge in [0.1, 0.15) is 5.82 Å². The maximum atomic E-state index is 15.1. The van der Waals surface area contributed by atoms with Crippen LogP contribution in [0.25, 0.3) is 22.2 Å². The minimum Gasteiger partial charge on any atom is -0.236 e. The van der Waals surface area contributed by atoms with Crippen molar-refractivity contribution in [1.82, 2.24) is 9.97 Å². The Hall–Kier alpha value is -3.84. The number of fused-ring (bicyclic) bond motifs is 1. The molecule has 4 rings (SSSR count). The van der Waals surface area contributed by atoms with E-state index >= 15 is 4.39 Å². The molecule has 3 nitrogen and oxygen atoms in total. The summed E-state index contributed by atoms with van der Waals surface area (Å²) >= 11 is 0. The SMILES string of the molecule is C/C=C/CCc1cnc(-c2ccc3c(F)c(CCc4ccc(C#N)cc4)ccc3c2)nc1. The number of nitrogens with zero attached hydrogens (tertiary/aromatic N) is 3. The number of hydrogen-bond donors (Lipinski definition) is 0. The maximum Gasteiger partial charge on any atom is 0.159 e. The highest BCUT2D eigenvalue weighted by molar-refractivity contribution is 5.87. The molecule has 0 amide bonds. The number of rotatable bonds is 7. The quantitative estimate of drug-likeness (QED) is 0.316. The van der Waals surface area contributed by atoms with E-state index in [9.17, 15) is 0 Å². The second kappa shape index (κ2) is 9.98. The molecule has 3 aromatic carbocycles. The average molecular weight is 422 g/mol.